The number of amides is 1. The molecular formula is C22H17N3OS. The Morgan fingerprint density at radius 3 is 2.44 bits per heavy atom. The van der Waals surface area contributed by atoms with Crippen LogP contribution in [0.2, 0.25) is 0 Å². The molecule has 0 radical (unpaired) electrons. The maximum absolute atomic E-state index is 12.1. The quantitative estimate of drug-likeness (QED) is 0.473. The summed E-state index contributed by atoms with van der Waals surface area (Å²) in [7, 11) is 0. The van der Waals surface area contributed by atoms with E-state index in [4.69, 9.17) is 0 Å². The number of benzene rings is 2. The van der Waals surface area contributed by atoms with Crippen molar-refractivity contribution in [1.82, 2.24) is 9.97 Å². The lowest BCUT2D eigenvalue weighted by Gasteiger charge is -2.17. The highest BCUT2D eigenvalue weighted by atomic mass is 32.1. The molecule has 0 saturated carbocycles. The number of nitrogens with zero attached hydrogens (tertiary/aromatic N) is 3. The van der Waals surface area contributed by atoms with Gasteiger partial charge in [0.05, 0.1) is 22.6 Å². The van der Waals surface area contributed by atoms with E-state index in [1.54, 1.807) is 11.8 Å². The third kappa shape index (κ3) is 3.78. The van der Waals surface area contributed by atoms with E-state index in [-0.39, 0.29) is 5.91 Å². The Balaban J connectivity index is 1.59. The van der Waals surface area contributed by atoms with E-state index in [0.29, 0.717) is 5.13 Å². The first-order valence-electron chi connectivity index (χ1n) is 8.56. The molecule has 0 atom stereocenters. The molecule has 0 fully saturated rings. The van der Waals surface area contributed by atoms with Crippen LogP contribution in [0.1, 0.15) is 18.3 Å². The fourth-order valence-corrected chi connectivity index (χ4v) is 3.66. The first-order valence-corrected chi connectivity index (χ1v) is 9.44. The zero-order valence-corrected chi connectivity index (χ0v) is 15.6. The molecule has 0 spiro atoms. The average Bonchev–Trinajstić information content (AvgIpc) is 3.15. The fourth-order valence-electron chi connectivity index (χ4n) is 2.80. The van der Waals surface area contributed by atoms with Crippen LogP contribution < -0.4 is 4.90 Å². The molecule has 0 saturated heterocycles. The molecule has 4 rings (SSSR count). The summed E-state index contributed by atoms with van der Waals surface area (Å²) in [5.41, 5.74) is 3.44. The number of rotatable bonds is 4. The molecule has 0 aliphatic rings. The van der Waals surface area contributed by atoms with Gasteiger partial charge in [0.2, 0.25) is 5.91 Å². The summed E-state index contributed by atoms with van der Waals surface area (Å²) in [6.45, 7) is 1.54. The number of para-hydroxylation sites is 2. The second kappa shape index (κ2) is 7.51. The minimum Gasteiger partial charge on any atom is -0.274 e. The Morgan fingerprint density at radius 2 is 1.63 bits per heavy atom. The number of pyridine rings is 1. The zero-order valence-electron chi connectivity index (χ0n) is 14.7. The van der Waals surface area contributed by atoms with Crippen molar-refractivity contribution < 1.29 is 4.79 Å². The van der Waals surface area contributed by atoms with E-state index in [1.165, 1.54) is 11.3 Å². The Hall–Kier alpha value is -3.31. The lowest BCUT2D eigenvalue weighted by Crippen LogP contribution is -2.22. The Labute approximate surface area is 161 Å². The van der Waals surface area contributed by atoms with E-state index in [0.717, 1.165) is 28.0 Å². The van der Waals surface area contributed by atoms with Gasteiger partial charge in [0.1, 0.15) is 0 Å². The minimum absolute atomic E-state index is 0.0673. The summed E-state index contributed by atoms with van der Waals surface area (Å²) in [6.07, 6.45) is 3.85. The molecule has 2 aromatic heterocycles. The van der Waals surface area contributed by atoms with Crippen LogP contribution in [0.4, 0.5) is 10.8 Å². The summed E-state index contributed by atoms with van der Waals surface area (Å²) in [5.74, 6) is -0.0673. The van der Waals surface area contributed by atoms with Crippen LogP contribution in [-0.4, -0.2) is 15.9 Å². The molecule has 132 valence electrons. The summed E-state index contributed by atoms with van der Waals surface area (Å²) in [4.78, 5) is 23.0. The van der Waals surface area contributed by atoms with Gasteiger partial charge in [0.15, 0.2) is 5.13 Å². The van der Waals surface area contributed by atoms with Crippen LogP contribution in [-0.2, 0) is 4.79 Å². The minimum atomic E-state index is -0.0673. The first kappa shape index (κ1) is 17.1. The molecule has 1 amide bonds. The molecule has 27 heavy (non-hydrogen) atoms. The van der Waals surface area contributed by atoms with Crippen molar-refractivity contribution in [2.45, 2.75) is 6.92 Å². The summed E-state index contributed by atoms with van der Waals surface area (Å²) < 4.78 is 0. The maximum atomic E-state index is 12.1. The van der Waals surface area contributed by atoms with Crippen LogP contribution in [0, 0.1) is 0 Å². The highest BCUT2D eigenvalue weighted by Crippen LogP contribution is 2.29. The predicted octanol–water partition coefficient (Wildman–Crippen LogP) is 5.55. The molecule has 0 unspecified atom stereocenters. The number of carbonyl (C=O) groups is 1. The molecule has 2 heterocycles. The van der Waals surface area contributed by atoms with Gasteiger partial charge in [-0.05, 0) is 36.4 Å². The number of thiazole rings is 1. The van der Waals surface area contributed by atoms with E-state index in [1.807, 2.05) is 78.2 Å². The highest BCUT2D eigenvalue weighted by molar-refractivity contribution is 7.14. The molecule has 2 aromatic carbocycles. The van der Waals surface area contributed by atoms with E-state index in [9.17, 15) is 4.79 Å². The van der Waals surface area contributed by atoms with Crippen LogP contribution in [0.5, 0.6) is 0 Å². The van der Waals surface area contributed by atoms with Crippen molar-refractivity contribution in [3.05, 3.63) is 83.5 Å². The highest BCUT2D eigenvalue weighted by Gasteiger charge is 2.17. The fraction of sp³-hybridized carbons (Fsp3) is 0.0455. The van der Waals surface area contributed by atoms with Crippen LogP contribution in [0.15, 0.2) is 72.1 Å². The third-order valence-corrected chi connectivity index (χ3v) is 4.92. The van der Waals surface area contributed by atoms with Gasteiger partial charge in [-0.25, -0.2) is 9.97 Å². The molecule has 0 N–H and O–H groups in total. The number of hydrogen-bond donors (Lipinski definition) is 0. The normalized spacial score (nSPS) is 11.1. The lowest BCUT2D eigenvalue weighted by atomic mass is 10.2. The van der Waals surface area contributed by atoms with Crippen LogP contribution in [0.25, 0.3) is 23.1 Å². The van der Waals surface area contributed by atoms with E-state index in [2.05, 4.69) is 16.0 Å². The van der Waals surface area contributed by atoms with Crippen LogP contribution >= 0.6 is 11.3 Å². The largest absolute Gasteiger partial charge is 0.274 e. The molecule has 5 heteroatoms. The Bertz CT molecular complexity index is 1120. The summed E-state index contributed by atoms with van der Waals surface area (Å²) >= 11 is 1.44. The van der Waals surface area contributed by atoms with Crippen molar-refractivity contribution >= 4 is 51.1 Å². The molecule has 0 aliphatic carbocycles. The monoisotopic (exact) mass is 371 g/mol. The van der Waals surface area contributed by atoms with Gasteiger partial charge < -0.3 is 0 Å². The van der Waals surface area contributed by atoms with Gasteiger partial charge in [-0.2, -0.15) is 0 Å². The lowest BCUT2D eigenvalue weighted by molar-refractivity contribution is -0.115. The number of carbonyl (C=O) groups excluding carboxylic acids is 1. The van der Waals surface area contributed by atoms with Gasteiger partial charge in [-0.15, -0.1) is 11.3 Å². The molecule has 0 aliphatic heterocycles. The average molecular weight is 371 g/mol. The van der Waals surface area contributed by atoms with Crippen molar-refractivity contribution in [3.8, 4) is 0 Å². The second-order valence-electron chi connectivity index (χ2n) is 6.01. The maximum Gasteiger partial charge on any atom is 0.230 e. The van der Waals surface area contributed by atoms with Crippen LogP contribution in [0.3, 0.4) is 0 Å². The van der Waals surface area contributed by atoms with Crippen molar-refractivity contribution in [2.75, 3.05) is 4.90 Å². The number of fused-ring (bicyclic) bond motifs is 1. The second-order valence-corrected chi connectivity index (χ2v) is 6.84. The molecule has 4 aromatic rings. The Morgan fingerprint density at radius 1 is 0.889 bits per heavy atom. The molecular weight excluding hydrogens is 354 g/mol. The summed E-state index contributed by atoms with van der Waals surface area (Å²) in [6, 6.07) is 21.6. The standard InChI is InChI=1S/C22H17N3OS/c1-16(26)25(20-8-3-2-4-9-20)22-24-19(15-27-22)14-13-18-12-11-17-7-5-6-10-21(17)23-18/h2-15H,1H3. The van der Waals surface area contributed by atoms with E-state index < -0.39 is 0 Å². The van der Waals surface area contributed by atoms with Gasteiger partial charge >= 0.3 is 0 Å². The summed E-state index contributed by atoms with van der Waals surface area (Å²) in [5, 5.41) is 3.71. The number of anilines is 2. The number of aromatic nitrogens is 2. The van der Waals surface area contributed by atoms with Gasteiger partial charge in [-0.3, -0.25) is 9.69 Å². The molecule has 0 bridgehead atoms. The Kier molecular flexibility index (Phi) is 4.77. The SMILES string of the molecule is CC(=O)N(c1ccccc1)c1nc(C=Cc2ccc3ccccc3n2)cs1. The number of hydrogen-bond acceptors (Lipinski definition) is 4. The van der Waals surface area contributed by atoms with Gasteiger partial charge in [0.25, 0.3) is 0 Å². The van der Waals surface area contributed by atoms with Gasteiger partial charge in [0, 0.05) is 17.7 Å². The van der Waals surface area contributed by atoms with Crippen molar-refractivity contribution in [3.63, 3.8) is 0 Å². The van der Waals surface area contributed by atoms with Crippen molar-refractivity contribution in [1.29, 1.82) is 0 Å². The first-order chi connectivity index (χ1) is 13.2. The zero-order chi connectivity index (χ0) is 18.6. The predicted molar refractivity (Wildman–Crippen MR) is 112 cm³/mol. The molecule has 4 nitrogen and oxygen atoms in total. The smallest absolute Gasteiger partial charge is 0.230 e. The van der Waals surface area contributed by atoms with Crippen molar-refractivity contribution in [2.24, 2.45) is 0 Å². The van der Waals surface area contributed by atoms with Gasteiger partial charge in [-0.1, -0.05) is 42.5 Å². The topological polar surface area (TPSA) is 46.1 Å². The van der Waals surface area contributed by atoms with E-state index >= 15 is 0 Å². The third-order valence-electron chi connectivity index (χ3n) is 4.08.